The van der Waals surface area contributed by atoms with Crippen molar-refractivity contribution in [2.45, 2.75) is 11.8 Å². The zero-order valence-electron chi connectivity index (χ0n) is 10.7. The summed E-state index contributed by atoms with van der Waals surface area (Å²) in [6.07, 6.45) is 0. The average molecular weight is 304 g/mol. The summed E-state index contributed by atoms with van der Waals surface area (Å²) in [5, 5.41) is 0.817. The number of aromatic nitrogens is 1. The van der Waals surface area contributed by atoms with Gasteiger partial charge in [-0.2, -0.15) is 0 Å². The summed E-state index contributed by atoms with van der Waals surface area (Å²) in [6.45, 7) is 2.04. The molecule has 20 heavy (non-hydrogen) atoms. The maximum atomic E-state index is 11.2. The fourth-order valence-corrected chi connectivity index (χ4v) is 3.53. The number of anilines is 1. The molecule has 1 unspecified atom stereocenters. The molecular formula is C14H12N2O2S2. The Hall–Kier alpha value is -1.76. The van der Waals surface area contributed by atoms with Crippen molar-refractivity contribution in [3.63, 3.8) is 0 Å². The molecule has 0 saturated heterocycles. The van der Waals surface area contributed by atoms with Crippen LogP contribution in [0.25, 0.3) is 20.8 Å². The third-order valence-corrected chi connectivity index (χ3v) is 4.79. The molecule has 0 radical (unpaired) electrons. The Morgan fingerprint density at radius 1 is 1.25 bits per heavy atom. The number of aryl methyl sites for hydroxylation is 1. The monoisotopic (exact) mass is 304 g/mol. The summed E-state index contributed by atoms with van der Waals surface area (Å²) < 4.78 is 21.6. The van der Waals surface area contributed by atoms with E-state index in [4.69, 9.17) is 5.73 Å². The zero-order chi connectivity index (χ0) is 14.3. The predicted molar refractivity (Wildman–Crippen MR) is 83.2 cm³/mol. The Balaban J connectivity index is 2.15. The minimum atomic E-state index is -2.09. The van der Waals surface area contributed by atoms with Crippen LogP contribution in [-0.2, 0) is 11.1 Å². The van der Waals surface area contributed by atoms with Crippen LogP contribution < -0.4 is 5.73 Å². The molecule has 0 aliphatic heterocycles. The number of fused-ring (bicyclic) bond motifs is 1. The van der Waals surface area contributed by atoms with Gasteiger partial charge in [0.1, 0.15) is 5.01 Å². The second-order valence-corrected chi connectivity index (χ2v) is 6.46. The fraction of sp³-hybridized carbons (Fsp3) is 0.0714. The summed E-state index contributed by atoms with van der Waals surface area (Å²) in [5.74, 6) is 0. The van der Waals surface area contributed by atoms with Gasteiger partial charge in [0.2, 0.25) is 0 Å². The van der Waals surface area contributed by atoms with Gasteiger partial charge in [0.25, 0.3) is 0 Å². The van der Waals surface area contributed by atoms with Crippen molar-refractivity contribution in [3.8, 4) is 10.6 Å². The number of hydrogen-bond donors (Lipinski definition) is 2. The lowest BCUT2D eigenvalue weighted by molar-refractivity contribution is 0.565. The van der Waals surface area contributed by atoms with Crippen molar-refractivity contribution in [1.29, 1.82) is 0 Å². The molecule has 1 atom stereocenters. The number of benzene rings is 2. The van der Waals surface area contributed by atoms with Crippen LogP contribution in [0.3, 0.4) is 0 Å². The second kappa shape index (κ2) is 4.97. The van der Waals surface area contributed by atoms with Gasteiger partial charge < -0.3 is 10.3 Å². The summed E-state index contributed by atoms with van der Waals surface area (Å²) in [6, 6.07) is 11.2. The maximum Gasteiger partial charge on any atom is 0.188 e. The van der Waals surface area contributed by atoms with Crippen molar-refractivity contribution >= 4 is 38.3 Å². The summed E-state index contributed by atoms with van der Waals surface area (Å²) in [7, 11) is 0. The Labute approximate surface area is 122 Å². The van der Waals surface area contributed by atoms with Gasteiger partial charge in [0.05, 0.1) is 20.8 Å². The molecule has 0 bridgehead atoms. The van der Waals surface area contributed by atoms with Crippen molar-refractivity contribution in [3.05, 3.63) is 42.0 Å². The Kier molecular flexibility index (Phi) is 3.29. The number of thiazole rings is 1. The van der Waals surface area contributed by atoms with Gasteiger partial charge >= 0.3 is 0 Å². The molecule has 6 heteroatoms. The van der Waals surface area contributed by atoms with Crippen molar-refractivity contribution in [1.82, 2.24) is 4.98 Å². The third kappa shape index (κ3) is 2.33. The first-order valence-electron chi connectivity index (χ1n) is 5.92. The van der Waals surface area contributed by atoms with E-state index in [2.05, 4.69) is 11.1 Å². The summed E-state index contributed by atoms with van der Waals surface area (Å²) >= 11 is -0.536. The largest absolute Gasteiger partial charge is 0.398 e. The number of rotatable bonds is 2. The summed E-state index contributed by atoms with van der Waals surface area (Å²) in [5.41, 5.74) is 8.92. The maximum absolute atomic E-state index is 11.2. The molecule has 0 amide bonds. The quantitative estimate of drug-likeness (QED) is 0.562. The number of hydrogen-bond acceptors (Lipinski definition) is 4. The van der Waals surface area contributed by atoms with E-state index in [1.807, 2.05) is 25.1 Å². The van der Waals surface area contributed by atoms with Gasteiger partial charge in [-0.3, -0.25) is 0 Å². The van der Waals surface area contributed by atoms with E-state index in [-0.39, 0.29) is 4.90 Å². The van der Waals surface area contributed by atoms with Crippen LogP contribution in [0.5, 0.6) is 0 Å². The van der Waals surface area contributed by atoms with Gasteiger partial charge in [-0.25, -0.2) is 9.19 Å². The molecular weight excluding hydrogens is 292 g/mol. The number of nitrogen functional groups attached to an aromatic ring is 1. The van der Waals surface area contributed by atoms with Crippen LogP contribution in [0.2, 0.25) is 0 Å². The zero-order valence-corrected chi connectivity index (χ0v) is 12.3. The Bertz CT molecular complexity index is 827. The van der Waals surface area contributed by atoms with E-state index < -0.39 is 11.1 Å². The number of nitrogens with two attached hydrogens (primary N) is 1. The molecule has 2 aromatic carbocycles. The SMILES string of the molecule is Cc1ccc2nc(-c3ccc(N)c(S(=O)O)c3)sc2c1. The highest BCUT2D eigenvalue weighted by molar-refractivity contribution is 7.79. The standard InChI is InChI=1S/C14H12N2O2S2/c1-8-2-5-11-12(6-8)19-14(16-11)9-3-4-10(15)13(7-9)20(17)18/h2-7H,15H2,1H3,(H,17,18). The van der Waals surface area contributed by atoms with Gasteiger partial charge in [-0.1, -0.05) is 6.07 Å². The van der Waals surface area contributed by atoms with Crippen molar-refractivity contribution in [2.24, 2.45) is 0 Å². The van der Waals surface area contributed by atoms with Crippen molar-refractivity contribution in [2.75, 3.05) is 5.73 Å². The molecule has 0 aliphatic carbocycles. The van der Waals surface area contributed by atoms with E-state index in [1.54, 1.807) is 23.5 Å². The molecule has 102 valence electrons. The predicted octanol–water partition coefficient (Wildman–Crippen LogP) is 3.43. The van der Waals surface area contributed by atoms with Gasteiger partial charge in [-0.15, -0.1) is 11.3 Å². The molecule has 3 N–H and O–H groups in total. The minimum absolute atomic E-state index is 0.220. The molecule has 0 saturated carbocycles. The lowest BCUT2D eigenvalue weighted by Gasteiger charge is -2.03. The van der Waals surface area contributed by atoms with E-state index in [9.17, 15) is 8.76 Å². The average Bonchev–Trinajstić information content (AvgIpc) is 2.81. The van der Waals surface area contributed by atoms with Crippen LogP contribution in [0, 0.1) is 6.92 Å². The van der Waals surface area contributed by atoms with E-state index in [0.717, 1.165) is 20.8 Å². The van der Waals surface area contributed by atoms with Crippen LogP contribution >= 0.6 is 11.3 Å². The van der Waals surface area contributed by atoms with Gasteiger partial charge in [0.15, 0.2) is 11.1 Å². The first kappa shape index (κ1) is 13.2. The van der Waals surface area contributed by atoms with Crippen molar-refractivity contribution < 1.29 is 8.76 Å². The highest BCUT2D eigenvalue weighted by Gasteiger charge is 2.11. The number of nitrogens with zero attached hydrogens (tertiary/aromatic N) is 1. The van der Waals surface area contributed by atoms with Crippen LogP contribution in [0.1, 0.15) is 5.56 Å². The van der Waals surface area contributed by atoms with E-state index in [0.29, 0.717) is 5.69 Å². The molecule has 3 rings (SSSR count). The normalized spacial score (nSPS) is 12.7. The molecule has 0 spiro atoms. The van der Waals surface area contributed by atoms with Gasteiger partial charge in [-0.05, 0) is 42.8 Å². The first-order valence-corrected chi connectivity index (χ1v) is 7.85. The molecule has 0 aliphatic rings. The molecule has 3 aromatic rings. The third-order valence-electron chi connectivity index (χ3n) is 2.99. The van der Waals surface area contributed by atoms with Crippen LogP contribution in [-0.4, -0.2) is 13.7 Å². The lowest BCUT2D eigenvalue weighted by atomic mass is 10.2. The highest BCUT2D eigenvalue weighted by atomic mass is 32.2. The van der Waals surface area contributed by atoms with E-state index >= 15 is 0 Å². The summed E-state index contributed by atoms with van der Waals surface area (Å²) in [4.78, 5) is 4.77. The molecule has 4 nitrogen and oxygen atoms in total. The fourth-order valence-electron chi connectivity index (χ4n) is 1.97. The minimum Gasteiger partial charge on any atom is -0.398 e. The Morgan fingerprint density at radius 3 is 2.80 bits per heavy atom. The smallest absolute Gasteiger partial charge is 0.188 e. The molecule has 1 aromatic heterocycles. The topological polar surface area (TPSA) is 76.2 Å². The van der Waals surface area contributed by atoms with Crippen LogP contribution in [0.15, 0.2) is 41.3 Å². The molecule has 1 heterocycles. The lowest BCUT2D eigenvalue weighted by Crippen LogP contribution is -1.96. The molecule has 0 fully saturated rings. The highest BCUT2D eigenvalue weighted by Crippen LogP contribution is 2.32. The van der Waals surface area contributed by atoms with Gasteiger partial charge in [0, 0.05) is 5.56 Å². The van der Waals surface area contributed by atoms with Crippen LogP contribution in [0.4, 0.5) is 5.69 Å². The Morgan fingerprint density at radius 2 is 2.05 bits per heavy atom. The second-order valence-electron chi connectivity index (χ2n) is 4.49. The van der Waals surface area contributed by atoms with E-state index in [1.165, 1.54) is 5.56 Å². The first-order chi connectivity index (χ1) is 9.54.